The SMILES string of the molecule is CCCNc1nnc(S[C@H](C)C(=O)Nc2ccccc2Cl)s1. The molecule has 0 aliphatic carbocycles. The number of amides is 1. The van der Waals surface area contributed by atoms with Gasteiger partial charge in [0, 0.05) is 6.54 Å². The molecular weight excluding hydrogens is 340 g/mol. The second kappa shape index (κ2) is 8.36. The third-order valence-corrected chi connectivity index (χ3v) is 5.11. The number of hydrogen-bond donors (Lipinski definition) is 2. The first-order valence-electron chi connectivity index (χ1n) is 6.89. The van der Waals surface area contributed by atoms with Crippen LogP contribution in [0.5, 0.6) is 0 Å². The maximum atomic E-state index is 12.2. The van der Waals surface area contributed by atoms with Crippen LogP contribution < -0.4 is 10.6 Å². The highest BCUT2D eigenvalue weighted by Gasteiger charge is 2.18. The van der Waals surface area contributed by atoms with E-state index in [9.17, 15) is 4.79 Å². The smallest absolute Gasteiger partial charge is 0.237 e. The molecule has 1 aromatic heterocycles. The minimum absolute atomic E-state index is 0.114. The molecule has 0 bridgehead atoms. The average Bonchev–Trinajstić information content (AvgIpc) is 2.94. The molecule has 8 heteroatoms. The van der Waals surface area contributed by atoms with E-state index in [4.69, 9.17) is 11.6 Å². The van der Waals surface area contributed by atoms with Crippen molar-refractivity contribution < 1.29 is 4.79 Å². The van der Waals surface area contributed by atoms with E-state index in [2.05, 4.69) is 27.8 Å². The molecule has 0 aliphatic heterocycles. The quantitative estimate of drug-likeness (QED) is 0.730. The topological polar surface area (TPSA) is 66.9 Å². The molecule has 1 heterocycles. The molecule has 2 N–H and O–H groups in total. The van der Waals surface area contributed by atoms with Gasteiger partial charge in [-0.3, -0.25) is 4.79 Å². The number of carbonyl (C=O) groups is 1. The van der Waals surface area contributed by atoms with E-state index in [0.717, 1.165) is 22.4 Å². The number of rotatable bonds is 7. The lowest BCUT2D eigenvalue weighted by Gasteiger charge is -2.11. The monoisotopic (exact) mass is 356 g/mol. The fourth-order valence-corrected chi connectivity index (χ4v) is 3.67. The molecule has 0 aliphatic rings. The van der Waals surface area contributed by atoms with Gasteiger partial charge in [0.15, 0.2) is 4.34 Å². The van der Waals surface area contributed by atoms with E-state index in [1.807, 2.05) is 19.1 Å². The van der Waals surface area contributed by atoms with Gasteiger partial charge < -0.3 is 10.6 Å². The van der Waals surface area contributed by atoms with Crippen LogP contribution in [0.3, 0.4) is 0 Å². The highest BCUT2D eigenvalue weighted by atomic mass is 35.5. The van der Waals surface area contributed by atoms with Crippen molar-refractivity contribution >= 4 is 51.4 Å². The Hall–Kier alpha value is -1.31. The second-order valence-corrected chi connectivity index (χ2v) is 7.50. The maximum Gasteiger partial charge on any atom is 0.237 e. The Morgan fingerprint density at radius 2 is 2.18 bits per heavy atom. The lowest BCUT2D eigenvalue weighted by Crippen LogP contribution is -2.22. The molecule has 0 unspecified atom stereocenters. The van der Waals surface area contributed by atoms with Crippen LogP contribution in [-0.2, 0) is 4.79 Å². The average molecular weight is 357 g/mol. The predicted octanol–water partition coefficient (Wildman–Crippen LogP) is 4.13. The number of para-hydroxylation sites is 1. The van der Waals surface area contributed by atoms with Crippen LogP contribution in [0.25, 0.3) is 0 Å². The molecule has 0 saturated carbocycles. The largest absolute Gasteiger partial charge is 0.360 e. The maximum absolute atomic E-state index is 12.2. The van der Waals surface area contributed by atoms with Gasteiger partial charge in [-0.05, 0) is 25.5 Å². The molecule has 0 saturated heterocycles. The summed E-state index contributed by atoms with van der Waals surface area (Å²) in [6.07, 6.45) is 1.03. The van der Waals surface area contributed by atoms with Crippen LogP contribution in [-0.4, -0.2) is 27.9 Å². The van der Waals surface area contributed by atoms with Crippen molar-refractivity contribution in [3.05, 3.63) is 29.3 Å². The number of hydrogen-bond acceptors (Lipinski definition) is 6. The number of carbonyl (C=O) groups excluding carboxylic acids is 1. The number of nitrogens with zero attached hydrogens (tertiary/aromatic N) is 2. The van der Waals surface area contributed by atoms with Gasteiger partial charge in [-0.1, -0.05) is 53.8 Å². The van der Waals surface area contributed by atoms with E-state index < -0.39 is 0 Å². The number of nitrogens with one attached hydrogen (secondary N) is 2. The normalized spacial score (nSPS) is 12.0. The molecule has 0 radical (unpaired) electrons. The standard InChI is InChI=1S/C14H17ClN4OS2/c1-3-8-16-13-18-19-14(22-13)21-9(2)12(20)17-11-7-5-4-6-10(11)15/h4-7,9H,3,8H2,1-2H3,(H,16,18)(H,17,20)/t9-/m1/s1. The molecule has 1 aromatic carbocycles. The summed E-state index contributed by atoms with van der Waals surface area (Å²) in [6.45, 7) is 4.78. The summed E-state index contributed by atoms with van der Waals surface area (Å²) in [5.41, 5.74) is 0.615. The van der Waals surface area contributed by atoms with E-state index in [0.29, 0.717) is 10.7 Å². The fourth-order valence-electron chi connectivity index (χ4n) is 1.56. The molecule has 118 valence electrons. The first-order chi connectivity index (χ1) is 10.6. The molecule has 0 fully saturated rings. The van der Waals surface area contributed by atoms with Crippen LogP contribution in [0, 0.1) is 0 Å². The lowest BCUT2D eigenvalue weighted by atomic mass is 10.3. The molecular formula is C14H17ClN4OS2. The third-order valence-electron chi connectivity index (χ3n) is 2.71. The minimum Gasteiger partial charge on any atom is -0.360 e. The summed E-state index contributed by atoms with van der Waals surface area (Å²) in [5.74, 6) is -0.114. The van der Waals surface area contributed by atoms with Crippen LogP contribution in [0.2, 0.25) is 5.02 Å². The molecule has 2 aromatic rings. The van der Waals surface area contributed by atoms with E-state index in [1.165, 1.54) is 23.1 Å². The van der Waals surface area contributed by atoms with Gasteiger partial charge in [0.05, 0.1) is 16.0 Å². The number of halogens is 1. The lowest BCUT2D eigenvalue weighted by molar-refractivity contribution is -0.115. The van der Waals surface area contributed by atoms with Crippen molar-refractivity contribution in [2.45, 2.75) is 29.9 Å². The van der Waals surface area contributed by atoms with Gasteiger partial charge in [0.1, 0.15) is 0 Å². The summed E-state index contributed by atoms with van der Waals surface area (Å²) in [5, 5.41) is 15.1. The number of anilines is 2. The van der Waals surface area contributed by atoms with Crippen molar-refractivity contribution in [3.63, 3.8) is 0 Å². The van der Waals surface area contributed by atoms with Gasteiger partial charge in [-0.2, -0.15) is 0 Å². The fraction of sp³-hybridized carbons (Fsp3) is 0.357. The molecule has 1 amide bonds. The van der Waals surface area contributed by atoms with Crippen molar-refractivity contribution in [2.75, 3.05) is 17.2 Å². The van der Waals surface area contributed by atoms with Crippen LogP contribution >= 0.6 is 34.7 Å². The highest BCUT2D eigenvalue weighted by molar-refractivity contribution is 8.02. The van der Waals surface area contributed by atoms with Gasteiger partial charge in [0.25, 0.3) is 0 Å². The summed E-state index contributed by atoms with van der Waals surface area (Å²) in [6, 6.07) is 7.17. The van der Waals surface area contributed by atoms with Crippen LogP contribution in [0.15, 0.2) is 28.6 Å². The Morgan fingerprint density at radius 3 is 2.91 bits per heavy atom. The first kappa shape index (κ1) is 17.1. The zero-order valence-corrected chi connectivity index (χ0v) is 14.7. The number of aromatic nitrogens is 2. The summed E-state index contributed by atoms with van der Waals surface area (Å²) < 4.78 is 0.764. The van der Waals surface area contributed by atoms with E-state index in [-0.39, 0.29) is 11.2 Å². The van der Waals surface area contributed by atoms with E-state index >= 15 is 0 Å². The molecule has 1 atom stereocenters. The van der Waals surface area contributed by atoms with Gasteiger partial charge in [0.2, 0.25) is 11.0 Å². The minimum atomic E-state index is -0.289. The number of benzene rings is 1. The van der Waals surface area contributed by atoms with Crippen molar-refractivity contribution in [2.24, 2.45) is 0 Å². The zero-order valence-electron chi connectivity index (χ0n) is 12.3. The first-order valence-corrected chi connectivity index (χ1v) is 8.97. The van der Waals surface area contributed by atoms with Crippen molar-refractivity contribution in [1.29, 1.82) is 0 Å². The van der Waals surface area contributed by atoms with Gasteiger partial charge in [-0.25, -0.2) is 0 Å². The summed E-state index contributed by atoms with van der Waals surface area (Å²) in [4.78, 5) is 12.2. The van der Waals surface area contributed by atoms with Crippen LogP contribution in [0.4, 0.5) is 10.8 Å². The molecule has 0 spiro atoms. The van der Waals surface area contributed by atoms with Crippen molar-refractivity contribution in [3.8, 4) is 0 Å². The molecule has 22 heavy (non-hydrogen) atoms. The van der Waals surface area contributed by atoms with Gasteiger partial charge >= 0.3 is 0 Å². The van der Waals surface area contributed by atoms with Crippen LogP contribution in [0.1, 0.15) is 20.3 Å². The Labute approximate surface area is 142 Å². The highest BCUT2D eigenvalue weighted by Crippen LogP contribution is 2.30. The molecule has 2 rings (SSSR count). The van der Waals surface area contributed by atoms with E-state index in [1.54, 1.807) is 12.1 Å². The van der Waals surface area contributed by atoms with Gasteiger partial charge in [-0.15, -0.1) is 10.2 Å². The zero-order chi connectivity index (χ0) is 15.9. The summed E-state index contributed by atoms with van der Waals surface area (Å²) in [7, 11) is 0. The third kappa shape index (κ3) is 4.86. The number of thioether (sulfide) groups is 1. The Bertz CT molecular complexity index is 635. The Balaban J connectivity index is 1.91. The summed E-state index contributed by atoms with van der Waals surface area (Å²) >= 11 is 8.87. The predicted molar refractivity (Wildman–Crippen MR) is 94.1 cm³/mol. The molecule has 5 nitrogen and oxygen atoms in total. The van der Waals surface area contributed by atoms with Crippen molar-refractivity contribution in [1.82, 2.24) is 10.2 Å². The Morgan fingerprint density at radius 1 is 1.41 bits per heavy atom. The second-order valence-electron chi connectivity index (χ2n) is 4.53. The Kier molecular flexibility index (Phi) is 6.48.